The summed E-state index contributed by atoms with van der Waals surface area (Å²) in [5.74, 6) is 1.74. The zero-order chi connectivity index (χ0) is 19.5. The van der Waals surface area contributed by atoms with E-state index < -0.39 is 0 Å². The van der Waals surface area contributed by atoms with Crippen LogP contribution in [0.4, 0.5) is 0 Å². The number of hydrogen-bond donors (Lipinski definition) is 0. The molecule has 0 unspecified atom stereocenters. The third kappa shape index (κ3) is 4.44. The lowest BCUT2D eigenvalue weighted by atomic mass is 10.1. The number of fused-ring (bicyclic) bond motifs is 1. The van der Waals surface area contributed by atoms with Gasteiger partial charge in [0.15, 0.2) is 5.58 Å². The molecule has 1 aliphatic rings. The van der Waals surface area contributed by atoms with Crippen LogP contribution in [0.3, 0.4) is 0 Å². The molecule has 4 rings (SSSR count). The van der Waals surface area contributed by atoms with Gasteiger partial charge in [-0.1, -0.05) is 23.9 Å². The highest BCUT2D eigenvalue weighted by Crippen LogP contribution is 2.24. The van der Waals surface area contributed by atoms with E-state index in [4.69, 9.17) is 9.15 Å². The molecule has 1 aromatic carbocycles. The van der Waals surface area contributed by atoms with Gasteiger partial charge < -0.3 is 14.1 Å². The highest BCUT2D eigenvalue weighted by Gasteiger charge is 2.24. The molecule has 8 heteroatoms. The first kappa shape index (κ1) is 18.7. The normalized spacial score (nSPS) is 15.1. The van der Waals surface area contributed by atoms with Gasteiger partial charge in [-0.05, 0) is 26.0 Å². The Morgan fingerprint density at radius 3 is 2.75 bits per heavy atom. The zero-order valence-corrected chi connectivity index (χ0v) is 16.7. The van der Waals surface area contributed by atoms with E-state index in [-0.39, 0.29) is 12.0 Å². The molecule has 28 heavy (non-hydrogen) atoms. The van der Waals surface area contributed by atoms with E-state index in [1.54, 1.807) is 0 Å². The van der Waals surface area contributed by atoms with Crippen LogP contribution in [-0.4, -0.2) is 50.7 Å². The van der Waals surface area contributed by atoms with Crippen LogP contribution in [0.1, 0.15) is 24.4 Å². The van der Waals surface area contributed by atoms with Gasteiger partial charge in [0, 0.05) is 37.7 Å². The van der Waals surface area contributed by atoms with E-state index in [0.29, 0.717) is 35.8 Å². The number of aromatic nitrogens is 3. The summed E-state index contributed by atoms with van der Waals surface area (Å²) < 4.78 is 11.6. The lowest BCUT2D eigenvalue weighted by Gasteiger charge is -2.31. The number of aryl methyl sites for hydroxylation is 2. The molecule has 1 fully saturated rings. The quantitative estimate of drug-likeness (QED) is 0.609. The minimum atomic E-state index is 0.0717. The van der Waals surface area contributed by atoms with Crippen molar-refractivity contribution in [3.63, 3.8) is 0 Å². The standard InChI is InChI=1S/C20H22N4O3S/c1-13-11-18(22-14(2)21-13)26-15-7-9-24(10-8-15)19(25)12-28-20-23-16-5-3-4-6-17(16)27-20/h3-6,11,15H,7-10,12H2,1-2H3. The van der Waals surface area contributed by atoms with Crippen LogP contribution in [0.5, 0.6) is 5.88 Å². The molecule has 3 aromatic rings. The van der Waals surface area contributed by atoms with Crippen LogP contribution in [0, 0.1) is 13.8 Å². The maximum absolute atomic E-state index is 12.5. The Labute approximate surface area is 167 Å². The smallest absolute Gasteiger partial charge is 0.257 e. The van der Waals surface area contributed by atoms with Gasteiger partial charge >= 0.3 is 0 Å². The van der Waals surface area contributed by atoms with E-state index in [9.17, 15) is 4.79 Å². The molecule has 0 aliphatic carbocycles. The number of benzene rings is 1. The number of nitrogens with zero attached hydrogens (tertiary/aromatic N) is 4. The lowest BCUT2D eigenvalue weighted by Crippen LogP contribution is -2.42. The van der Waals surface area contributed by atoms with E-state index in [1.807, 2.05) is 49.1 Å². The molecule has 7 nitrogen and oxygen atoms in total. The number of rotatable bonds is 5. The minimum Gasteiger partial charge on any atom is -0.474 e. The number of thioether (sulfide) groups is 1. The Morgan fingerprint density at radius 2 is 2.00 bits per heavy atom. The summed E-state index contributed by atoms with van der Waals surface area (Å²) in [5, 5.41) is 0.530. The molecule has 2 aromatic heterocycles. The van der Waals surface area contributed by atoms with Crippen molar-refractivity contribution in [1.29, 1.82) is 0 Å². The summed E-state index contributed by atoms with van der Waals surface area (Å²) in [5.41, 5.74) is 2.45. The van der Waals surface area contributed by atoms with Crippen molar-refractivity contribution < 1.29 is 13.9 Å². The zero-order valence-electron chi connectivity index (χ0n) is 15.9. The number of carbonyl (C=O) groups is 1. The lowest BCUT2D eigenvalue weighted by molar-refractivity contribution is -0.130. The van der Waals surface area contributed by atoms with E-state index >= 15 is 0 Å². The molecule has 3 heterocycles. The number of piperidine rings is 1. The van der Waals surface area contributed by atoms with Crippen molar-refractivity contribution in [3.8, 4) is 5.88 Å². The van der Waals surface area contributed by atoms with Crippen LogP contribution in [0.2, 0.25) is 0 Å². The number of amides is 1. The SMILES string of the molecule is Cc1cc(OC2CCN(C(=O)CSc3nc4ccccc4o3)CC2)nc(C)n1. The molecule has 0 saturated carbocycles. The van der Waals surface area contributed by atoms with Crippen molar-refractivity contribution in [2.45, 2.75) is 38.0 Å². The monoisotopic (exact) mass is 398 g/mol. The molecular formula is C20H22N4O3S. The first-order valence-electron chi connectivity index (χ1n) is 9.32. The number of ether oxygens (including phenoxy) is 1. The Bertz CT molecular complexity index is 929. The highest BCUT2D eigenvalue weighted by molar-refractivity contribution is 7.99. The van der Waals surface area contributed by atoms with Crippen LogP contribution in [0.15, 0.2) is 40.0 Å². The molecule has 0 bridgehead atoms. The average Bonchev–Trinajstić information content (AvgIpc) is 3.09. The van der Waals surface area contributed by atoms with Gasteiger partial charge in [-0.3, -0.25) is 4.79 Å². The van der Waals surface area contributed by atoms with E-state index in [1.165, 1.54) is 11.8 Å². The van der Waals surface area contributed by atoms with Crippen LogP contribution in [-0.2, 0) is 4.79 Å². The highest BCUT2D eigenvalue weighted by atomic mass is 32.2. The van der Waals surface area contributed by atoms with Crippen LogP contribution < -0.4 is 4.74 Å². The Morgan fingerprint density at radius 1 is 1.21 bits per heavy atom. The molecule has 0 atom stereocenters. The molecule has 0 spiro atoms. The third-order valence-electron chi connectivity index (χ3n) is 4.62. The van der Waals surface area contributed by atoms with Crippen LogP contribution >= 0.6 is 11.8 Å². The molecule has 0 radical (unpaired) electrons. The molecule has 1 amide bonds. The van der Waals surface area contributed by atoms with Gasteiger partial charge in [0.25, 0.3) is 5.22 Å². The average molecular weight is 398 g/mol. The Kier molecular flexibility index (Phi) is 5.47. The van der Waals surface area contributed by atoms with Gasteiger partial charge in [-0.25, -0.2) is 9.97 Å². The van der Waals surface area contributed by atoms with Crippen molar-refractivity contribution in [2.24, 2.45) is 0 Å². The molecule has 0 N–H and O–H groups in total. The summed E-state index contributed by atoms with van der Waals surface area (Å²) >= 11 is 1.34. The predicted molar refractivity (Wildman–Crippen MR) is 106 cm³/mol. The number of para-hydroxylation sites is 2. The maximum atomic E-state index is 12.5. The van der Waals surface area contributed by atoms with Crippen molar-refractivity contribution in [1.82, 2.24) is 19.9 Å². The third-order valence-corrected chi connectivity index (χ3v) is 5.43. The fourth-order valence-electron chi connectivity index (χ4n) is 3.26. The molecular weight excluding hydrogens is 376 g/mol. The maximum Gasteiger partial charge on any atom is 0.257 e. The Hall–Kier alpha value is -2.61. The van der Waals surface area contributed by atoms with Gasteiger partial charge in [0.2, 0.25) is 11.8 Å². The largest absolute Gasteiger partial charge is 0.474 e. The number of carbonyl (C=O) groups excluding carboxylic acids is 1. The first-order chi connectivity index (χ1) is 13.6. The summed E-state index contributed by atoms with van der Waals surface area (Å²) in [4.78, 5) is 27.4. The molecule has 1 saturated heterocycles. The van der Waals surface area contributed by atoms with Gasteiger partial charge in [0.1, 0.15) is 17.4 Å². The van der Waals surface area contributed by atoms with E-state index in [2.05, 4.69) is 15.0 Å². The van der Waals surface area contributed by atoms with Crippen molar-refractivity contribution in [2.75, 3.05) is 18.8 Å². The first-order valence-corrected chi connectivity index (χ1v) is 10.3. The second kappa shape index (κ2) is 8.18. The fraction of sp³-hybridized carbons (Fsp3) is 0.400. The minimum absolute atomic E-state index is 0.0717. The van der Waals surface area contributed by atoms with Gasteiger partial charge in [-0.15, -0.1) is 0 Å². The van der Waals surface area contributed by atoms with E-state index in [0.717, 1.165) is 29.6 Å². The Balaban J connectivity index is 1.26. The number of likely N-dealkylation sites (tertiary alicyclic amines) is 1. The van der Waals surface area contributed by atoms with Crippen molar-refractivity contribution in [3.05, 3.63) is 41.9 Å². The van der Waals surface area contributed by atoms with Gasteiger partial charge in [-0.2, -0.15) is 4.98 Å². The molecule has 1 aliphatic heterocycles. The second-order valence-corrected chi connectivity index (χ2v) is 7.76. The summed E-state index contributed by atoms with van der Waals surface area (Å²) in [6.07, 6.45) is 1.66. The fourth-order valence-corrected chi connectivity index (χ4v) is 4.01. The van der Waals surface area contributed by atoms with Gasteiger partial charge in [0.05, 0.1) is 5.75 Å². The number of oxazole rings is 1. The predicted octanol–water partition coefficient (Wildman–Crippen LogP) is 3.40. The summed E-state index contributed by atoms with van der Waals surface area (Å²) in [7, 11) is 0. The summed E-state index contributed by atoms with van der Waals surface area (Å²) in [6, 6.07) is 9.45. The number of hydrogen-bond acceptors (Lipinski definition) is 7. The summed E-state index contributed by atoms with van der Waals surface area (Å²) in [6.45, 7) is 5.15. The topological polar surface area (TPSA) is 81.4 Å². The van der Waals surface area contributed by atoms with Crippen LogP contribution in [0.25, 0.3) is 11.1 Å². The second-order valence-electron chi connectivity index (χ2n) is 6.83. The van der Waals surface area contributed by atoms with Crippen molar-refractivity contribution >= 4 is 28.8 Å². The molecule has 146 valence electrons.